The van der Waals surface area contributed by atoms with Crippen molar-refractivity contribution < 1.29 is 24.1 Å². The number of fused-ring (bicyclic) bond motifs is 1. The molecule has 5 nitrogen and oxygen atoms in total. The summed E-state index contributed by atoms with van der Waals surface area (Å²) >= 11 is 0. The smallest absolute Gasteiger partial charge is 0.328 e. The number of aryl methyl sites for hydroxylation is 1. The summed E-state index contributed by atoms with van der Waals surface area (Å²) in [5.41, 5.74) is 2.56. The number of aliphatic carboxylic acids is 1. The molecule has 0 unspecified atom stereocenters. The molecule has 0 fully saturated rings. The molecule has 0 heterocycles. The van der Waals surface area contributed by atoms with E-state index in [9.17, 15) is 4.79 Å². The quantitative estimate of drug-likeness (QED) is 0.616. The summed E-state index contributed by atoms with van der Waals surface area (Å²) in [6, 6.07) is 7.76. The van der Waals surface area contributed by atoms with Crippen molar-refractivity contribution in [3.63, 3.8) is 0 Å². The van der Waals surface area contributed by atoms with Crippen LogP contribution in [-0.2, 0) is 16.0 Å². The molecule has 0 radical (unpaired) electrons. The van der Waals surface area contributed by atoms with E-state index in [1.165, 1.54) is 6.08 Å². The third-order valence-corrected chi connectivity index (χ3v) is 3.85. The van der Waals surface area contributed by atoms with Gasteiger partial charge < -0.3 is 19.3 Å². The Morgan fingerprint density at radius 3 is 2.62 bits per heavy atom. The zero-order valence-electron chi connectivity index (χ0n) is 14.4. The molecular weight excluding hydrogens is 308 g/mol. The molecule has 2 aromatic rings. The highest BCUT2D eigenvalue weighted by atomic mass is 16.7. The zero-order valence-corrected chi connectivity index (χ0v) is 14.4. The SMILES string of the molecule is CCc1cccc2c(C(C)=CC(=O)O)cc(OC)c(OCOC)c12. The summed E-state index contributed by atoms with van der Waals surface area (Å²) in [5.74, 6) is 0.179. The van der Waals surface area contributed by atoms with Crippen molar-refractivity contribution in [3.05, 3.63) is 41.5 Å². The Morgan fingerprint density at radius 1 is 1.29 bits per heavy atom. The number of carbonyl (C=O) groups is 1. The predicted molar refractivity (Wildman–Crippen MR) is 93.7 cm³/mol. The van der Waals surface area contributed by atoms with Crippen LogP contribution in [0.5, 0.6) is 11.5 Å². The topological polar surface area (TPSA) is 65.0 Å². The maximum absolute atomic E-state index is 11.1. The Bertz CT molecular complexity index is 777. The Labute approximate surface area is 141 Å². The average molecular weight is 330 g/mol. The van der Waals surface area contributed by atoms with Gasteiger partial charge in [-0.2, -0.15) is 0 Å². The van der Waals surface area contributed by atoms with Crippen molar-refractivity contribution >= 4 is 22.3 Å². The summed E-state index contributed by atoms with van der Waals surface area (Å²) in [6.45, 7) is 3.94. The number of ether oxygens (including phenoxy) is 3. The van der Waals surface area contributed by atoms with Crippen LogP contribution in [0.1, 0.15) is 25.0 Å². The fraction of sp³-hybridized carbons (Fsp3) is 0.316. The second-order valence-electron chi connectivity index (χ2n) is 5.37. The van der Waals surface area contributed by atoms with Crippen molar-refractivity contribution in [1.82, 2.24) is 0 Å². The van der Waals surface area contributed by atoms with Crippen molar-refractivity contribution in [2.24, 2.45) is 0 Å². The standard InChI is InChI=1S/C19H22O5/c1-5-13-7-6-8-14-15(12(2)9-17(20)21)10-16(23-4)19(18(13)14)24-11-22-3/h6-10H,5,11H2,1-4H3,(H,20,21). The van der Waals surface area contributed by atoms with Crippen molar-refractivity contribution in [2.75, 3.05) is 21.0 Å². The number of methoxy groups -OCH3 is 2. The largest absolute Gasteiger partial charge is 0.493 e. The number of hydrogen-bond donors (Lipinski definition) is 1. The van der Waals surface area contributed by atoms with Crippen LogP contribution in [0.2, 0.25) is 0 Å². The minimum Gasteiger partial charge on any atom is -0.493 e. The molecule has 5 heteroatoms. The van der Waals surface area contributed by atoms with Gasteiger partial charge in [0.25, 0.3) is 0 Å². The van der Waals surface area contributed by atoms with Gasteiger partial charge in [-0.05, 0) is 41.5 Å². The molecule has 24 heavy (non-hydrogen) atoms. The van der Waals surface area contributed by atoms with E-state index in [0.29, 0.717) is 17.1 Å². The van der Waals surface area contributed by atoms with Gasteiger partial charge in [-0.25, -0.2) is 4.79 Å². The first-order chi connectivity index (χ1) is 11.5. The molecule has 0 saturated carbocycles. The molecule has 1 N–H and O–H groups in total. The zero-order chi connectivity index (χ0) is 17.7. The Hall–Kier alpha value is -2.53. The van der Waals surface area contributed by atoms with E-state index in [1.54, 1.807) is 21.1 Å². The highest BCUT2D eigenvalue weighted by Gasteiger charge is 2.18. The number of benzene rings is 2. The van der Waals surface area contributed by atoms with E-state index in [4.69, 9.17) is 19.3 Å². The van der Waals surface area contributed by atoms with Crippen LogP contribution >= 0.6 is 0 Å². The summed E-state index contributed by atoms with van der Waals surface area (Å²) in [6.07, 6.45) is 2.01. The van der Waals surface area contributed by atoms with Crippen molar-refractivity contribution in [3.8, 4) is 11.5 Å². The molecule has 0 saturated heterocycles. The molecule has 0 bridgehead atoms. The van der Waals surface area contributed by atoms with Crippen molar-refractivity contribution in [2.45, 2.75) is 20.3 Å². The van der Waals surface area contributed by atoms with Crippen LogP contribution in [0.4, 0.5) is 0 Å². The molecule has 0 aromatic heterocycles. The van der Waals surface area contributed by atoms with Gasteiger partial charge in [-0.15, -0.1) is 0 Å². The molecular formula is C19H22O5. The van der Waals surface area contributed by atoms with E-state index in [0.717, 1.165) is 28.3 Å². The predicted octanol–water partition coefficient (Wildman–Crippen LogP) is 3.88. The molecule has 2 aromatic carbocycles. The highest BCUT2D eigenvalue weighted by Crippen LogP contribution is 2.42. The van der Waals surface area contributed by atoms with Gasteiger partial charge in [0.1, 0.15) is 0 Å². The van der Waals surface area contributed by atoms with Crippen LogP contribution < -0.4 is 9.47 Å². The van der Waals surface area contributed by atoms with Crippen LogP contribution in [0.25, 0.3) is 16.3 Å². The lowest BCUT2D eigenvalue weighted by atomic mass is 9.93. The van der Waals surface area contributed by atoms with Gasteiger partial charge in [0, 0.05) is 18.6 Å². The minimum atomic E-state index is -0.981. The molecule has 0 aliphatic carbocycles. The monoisotopic (exact) mass is 330 g/mol. The van der Waals surface area contributed by atoms with E-state index >= 15 is 0 Å². The maximum atomic E-state index is 11.1. The Balaban J connectivity index is 2.85. The summed E-state index contributed by atoms with van der Waals surface area (Å²) < 4.78 is 16.3. The third-order valence-electron chi connectivity index (χ3n) is 3.85. The van der Waals surface area contributed by atoms with Crippen LogP contribution in [0.15, 0.2) is 30.3 Å². The fourth-order valence-corrected chi connectivity index (χ4v) is 2.79. The van der Waals surface area contributed by atoms with Gasteiger partial charge in [0.2, 0.25) is 0 Å². The number of carboxylic acid groups (broad SMARTS) is 1. The molecule has 0 spiro atoms. The van der Waals surface area contributed by atoms with Gasteiger partial charge in [0.05, 0.1) is 7.11 Å². The normalized spacial score (nSPS) is 11.6. The average Bonchev–Trinajstić information content (AvgIpc) is 2.57. The number of allylic oxidation sites excluding steroid dienone is 1. The molecule has 128 valence electrons. The Kier molecular flexibility index (Phi) is 5.82. The maximum Gasteiger partial charge on any atom is 0.328 e. The molecule has 2 rings (SSSR count). The van der Waals surface area contributed by atoms with Crippen LogP contribution in [0.3, 0.4) is 0 Å². The Morgan fingerprint density at radius 2 is 2.04 bits per heavy atom. The first-order valence-corrected chi connectivity index (χ1v) is 7.69. The van der Waals surface area contributed by atoms with Gasteiger partial charge >= 0.3 is 5.97 Å². The minimum absolute atomic E-state index is 0.104. The number of carboxylic acids is 1. The highest BCUT2D eigenvalue weighted by molar-refractivity contribution is 6.03. The van der Waals surface area contributed by atoms with Crippen LogP contribution in [0, 0.1) is 0 Å². The number of rotatable bonds is 7. The van der Waals surface area contributed by atoms with Gasteiger partial charge in [-0.1, -0.05) is 25.1 Å². The van der Waals surface area contributed by atoms with E-state index in [2.05, 4.69) is 6.92 Å². The molecule has 0 aliphatic heterocycles. The number of hydrogen-bond acceptors (Lipinski definition) is 4. The molecule has 0 amide bonds. The van der Waals surface area contributed by atoms with Gasteiger partial charge in [0.15, 0.2) is 18.3 Å². The third kappa shape index (κ3) is 3.51. The first kappa shape index (κ1) is 17.8. The van der Waals surface area contributed by atoms with E-state index in [1.807, 2.05) is 24.3 Å². The van der Waals surface area contributed by atoms with Gasteiger partial charge in [-0.3, -0.25) is 0 Å². The lowest BCUT2D eigenvalue weighted by Crippen LogP contribution is -2.04. The molecule has 0 atom stereocenters. The van der Waals surface area contributed by atoms with E-state index in [-0.39, 0.29) is 6.79 Å². The van der Waals surface area contributed by atoms with E-state index < -0.39 is 5.97 Å². The summed E-state index contributed by atoms with van der Waals surface area (Å²) in [4.78, 5) is 11.1. The van der Waals surface area contributed by atoms with Crippen LogP contribution in [-0.4, -0.2) is 32.1 Å². The van der Waals surface area contributed by atoms with Crippen molar-refractivity contribution in [1.29, 1.82) is 0 Å². The second kappa shape index (κ2) is 7.84. The lowest BCUT2D eigenvalue weighted by Gasteiger charge is -2.18. The molecule has 0 aliphatic rings. The fourth-order valence-electron chi connectivity index (χ4n) is 2.79. The summed E-state index contributed by atoms with van der Waals surface area (Å²) in [5, 5.41) is 10.9. The second-order valence-corrected chi connectivity index (χ2v) is 5.37. The summed E-state index contributed by atoms with van der Waals surface area (Å²) in [7, 11) is 3.12. The first-order valence-electron chi connectivity index (χ1n) is 7.69. The lowest BCUT2D eigenvalue weighted by molar-refractivity contribution is -0.131.